The molecule has 1 aliphatic carbocycles. The number of nitrogens with zero attached hydrogens (tertiary/aromatic N) is 2. The Morgan fingerprint density at radius 1 is 1.33 bits per heavy atom. The second-order valence-electron chi connectivity index (χ2n) is 5.41. The van der Waals surface area contributed by atoms with Crippen LogP contribution in [0.5, 0.6) is 0 Å². The van der Waals surface area contributed by atoms with E-state index in [1.165, 1.54) is 18.4 Å². The fraction of sp³-hybridized carbons (Fsp3) is 0.312. The van der Waals surface area contributed by atoms with Crippen molar-refractivity contribution in [2.75, 3.05) is 7.11 Å². The molecule has 5 nitrogen and oxygen atoms in total. The number of carbonyl (C=O) groups is 2. The van der Waals surface area contributed by atoms with Crippen molar-refractivity contribution < 1.29 is 14.3 Å². The third-order valence-electron chi connectivity index (χ3n) is 3.67. The highest BCUT2D eigenvalue weighted by atomic mass is 35.5. The number of amides is 1. The van der Waals surface area contributed by atoms with E-state index in [-0.39, 0.29) is 17.6 Å². The highest BCUT2D eigenvalue weighted by Crippen LogP contribution is 2.31. The Balaban J connectivity index is 1.79. The Bertz CT molecular complexity index is 789. The molecule has 1 aromatic carbocycles. The zero-order valence-corrected chi connectivity index (χ0v) is 15.1. The molecule has 24 heavy (non-hydrogen) atoms. The summed E-state index contributed by atoms with van der Waals surface area (Å²) >= 11 is 13.2. The van der Waals surface area contributed by atoms with Crippen LogP contribution in [-0.2, 0) is 11.3 Å². The van der Waals surface area contributed by atoms with Crippen LogP contribution in [0.1, 0.15) is 38.7 Å². The zero-order valence-electron chi connectivity index (χ0n) is 12.8. The van der Waals surface area contributed by atoms with Crippen molar-refractivity contribution in [2.45, 2.75) is 25.4 Å². The molecule has 0 bridgehead atoms. The van der Waals surface area contributed by atoms with E-state index in [9.17, 15) is 9.59 Å². The fourth-order valence-corrected chi connectivity index (χ4v) is 3.33. The van der Waals surface area contributed by atoms with Gasteiger partial charge in [-0.3, -0.25) is 4.79 Å². The molecule has 1 aromatic heterocycles. The molecule has 0 unspecified atom stereocenters. The largest absolute Gasteiger partial charge is 0.464 e. The molecule has 2 aromatic rings. The molecule has 126 valence electrons. The quantitative estimate of drug-likeness (QED) is 0.729. The highest BCUT2D eigenvalue weighted by molar-refractivity contribution is 7.09. The Morgan fingerprint density at radius 2 is 2.08 bits per heavy atom. The van der Waals surface area contributed by atoms with Gasteiger partial charge in [-0.2, -0.15) is 0 Å². The van der Waals surface area contributed by atoms with E-state index in [1.807, 2.05) is 0 Å². The molecule has 0 N–H and O–H groups in total. The zero-order chi connectivity index (χ0) is 17.3. The Morgan fingerprint density at radius 3 is 2.71 bits per heavy atom. The lowest BCUT2D eigenvalue weighted by molar-refractivity contribution is 0.0594. The van der Waals surface area contributed by atoms with Crippen molar-refractivity contribution in [1.82, 2.24) is 9.88 Å². The maximum absolute atomic E-state index is 12.8. The van der Waals surface area contributed by atoms with Crippen LogP contribution in [0.15, 0.2) is 23.6 Å². The summed E-state index contributed by atoms with van der Waals surface area (Å²) in [6, 6.07) is 5.04. The highest BCUT2D eigenvalue weighted by Gasteiger charge is 2.34. The smallest absolute Gasteiger partial charge is 0.357 e. The number of methoxy groups -OCH3 is 1. The number of benzene rings is 1. The number of hydrogen-bond acceptors (Lipinski definition) is 5. The van der Waals surface area contributed by atoms with Gasteiger partial charge in [-0.25, -0.2) is 9.78 Å². The van der Waals surface area contributed by atoms with E-state index < -0.39 is 5.97 Å². The molecule has 0 saturated heterocycles. The number of ether oxygens (including phenoxy) is 1. The van der Waals surface area contributed by atoms with Crippen LogP contribution in [0.2, 0.25) is 10.0 Å². The first-order valence-corrected chi connectivity index (χ1v) is 8.92. The predicted molar refractivity (Wildman–Crippen MR) is 92.8 cm³/mol. The molecule has 8 heteroatoms. The number of rotatable bonds is 5. The van der Waals surface area contributed by atoms with E-state index in [0.29, 0.717) is 27.2 Å². The lowest BCUT2D eigenvalue weighted by Crippen LogP contribution is -2.32. The third-order valence-corrected chi connectivity index (χ3v) is 5.24. The average molecular weight is 385 g/mol. The van der Waals surface area contributed by atoms with Crippen molar-refractivity contribution in [1.29, 1.82) is 0 Å². The SMILES string of the molecule is COC(=O)c1csc(CN(C(=O)c2ccc(Cl)c(Cl)c2)C2CC2)n1. The second kappa shape index (κ2) is 7.09. The van der Waals surface area contributed by atoms with E-state index in [1.54, 1.807) is 28.5 Å². The van der Waals surface area contributed by atoms with E-state index in [2.05, 4.69) is 9.72 Å². The van der Waals surface area contributed by atoms with E-state index in [0.717, 1.165) is 12.8 Å². The minimum Gasteiger partial charge on any atom is -0.464 e. The number of thiazole rings is 1. The third kappa shape index (κ3) is 3.71. The number of aromatic nitrogens is 1. The van der Waals surface area contributed by atoms with Crippen LogP contribution >= 0.6 is 34.5 Å². The molecule has 1 heterocycles. The number of hydrogen-bond donors (Lipinski definition) is 0. The topological polar surface area (TPSA) is 59.5 Å². The van der Waals surface area contributed by atoms with Crippen molar-refractivity contribution in [3.63, 3.8) is 0 Å². The van der Waals surface area contributed by atoms with Gasteiger partial charge in [-0.15, -0.1) is 11.3 Å². The van der Waals surface area contributed by atoms with Gasteiger partial charge in [0.05, 0.1) is 23.7 Å². The second-order valence-corrected chi connectivity index (χ2v) is 7.17. The van der Waals surface area contributed by atoms with Crippen molar-refractivity contribution in [3.8, 4) is 0 Å². The standard InChI is InChI=1S/C16H14Cl2N2O3S/c1-23-16(22)13-8-24-14(19-13)7-20(10-3-4-10)15(21)9-2-5-11(17)12(18)6-9/h2,5-6,8,10H,3-4,7H2,1H3. The van der Waals surface area contributed by atoms with Crippen LogP contribution in [0.3, 0.4) is 0 Å². The number of esters is 1. The van der Waals surface area contributed by atoms with Gasteiger partial charge in [0.2, 0.25) is 0 Å². The van der Waals surface area contributed by atoms with Crippen LogP contribution in [0.25, 0.3) is 0 Å². The van der Waals surface area contributed by atoms with E-state index >= 15 is 0 Å². The average Bonchev–Trinajstić information content (AvgIpc) is 3.32. The molecule has 0 spiro atoms. The van der Waals surface area contributed by atoms with Crippen LogP contribution < -0.4 is 0 Å². The predicted octanol–water partition coefficient (Wildman–Crippen LogP) is 4.04. The van der Waals surface area contributed by atoms with Crippen LogP contribution in [0.4, 0.5) is 0 Å². The summed E-state index contributed by atoms with van der Waals surface area (Å²) in [6.45, 7) is 0.353. The summed E-state index contributed by atoms with van der Waals surface area (Å²) in [5.41, 5.74) is 0.747. The number of carbonyl (C=O) groups excluding carboxylic acids is 2. The summed E-state index contributed by atoms with van der Waals surface area (Å²) in [5, 5.41) is 3.08. The van der Waals surface area contributed by atoms with Gasteiger partial charge in [-0.1, -0.05) is 23.2 Å². The van der Waals surface area contributed by atoms with Gasteiger partial charge in [-0.05, 0) is 31.0 Å². The summed E-state index contributed by atoms with van der Waals surface area (Å²) in [7, 11) is 1.31. The summed E-state index contributed by atoms with van der Waals surface area (Å²) in [5.74, 6) is -0.600. The molecule has 1 aliphatic rings. The van der Waals surface area contributed by atoms with Gasteiger partial charge in [0.1, 0.15) is 5.01 Å². The number of halogens is 2. The Hall–Kier alpha value is -1.63. The minimum absolute atomic E-state index is 0.120. The Kier molecular flexibility index (Phi) is 5.08. The molecular weight excluding hydrogens is 371 g/mol. The van der Waals surface area contributed by atoms with E-state index in [4.69, 9.17) is 23.2 Å². The summed E-state index contributed by atoms with van der Waals surface area (Å²) in [4.78, 5) is 30.3. The lowest BCUT2D eigenvalue weighted by Gasteiger charge is -2.21. The van der Waals surface area contributed by atoms with Crippen molar-refractivity contribution in [2.24, 2.45) is 0 Å². The van der Waals surface area contributed by atoms with Gasteiger partial charge in [0.15, 0.2) is 5.69 Å². The fourth-order valence-electron chi connectivity index (χ4n) is 2.28. The minimum atomic E-state index is -0.480. The lowest BCUT2D eigenvalue weighted by atomic mass is 10.2. The normalized spacial score (nSPS) is 13.6. The van der Waals surface area contributed by atoms with Gasteiger partial charge in [0, 0.05) is 17.0 Å². The summed E-state index contributed by atoms with van der Waals surface area (Å²) in [6.07, 6.45) is 1.92. The van der Waals surface area contributed by atoms with Crippen molar-refractivity contribution >= 4 is 46.4 Å². The first-order valence-electron chi connectivity index (χ1n) is 7.28. The van der Waals surface area contributed by atoms with Gasteiger partial charge >= 0.3 is 5.97 Å². The summed E-state index contributed by atoms with van der Waals surface area (Å²) < 4.78 is 4.65. The maximum Gasteiger partial charge on any atom is 0.357 e. The molecule has 0 atom stereocenters. The van der Waals surface area contributed by atoms with Crippen LogP contribution in [-0.4, -0.2) is 34.9 Å². The first-order chi connectivity index (χ1) is 11.5. The molecule has 1 fully saturated rings. The monoisotopic (exact) mass is 384 g/mol. The molecular formula is C16H14Cl2N2O3S. The van der Waals surface area contributed by atoms with Gasteiger partial charge < -0.3 is 9.64 Å². The van der Waals surface area contributed by atoms with Gasteiger partial charge in [0.25, 0.3) is 5.91 Å². The van der Waals surface area contributed by atoms with Crippen molar-refractivity contribution in [3.05, 3.63) is 49.9 Å². The molecule has 3 rings (SSSR count). The molecule has 1 amide bonds. The first kappa shape index (κ1) is 17.2. The molecule has 0 aliphatic heterocycles. The Labute approximate surface area is 153 Å². The molecule has 1 saturated carbocycles. The maximum atomic E-state index is 12.8. The molecule has 0 radical (unpaired) electrons. The van der Waals surface area contributed by atoms with Crippen LogP contribution in [0, 0.1) is 0 Å².